The molecule has 0 fully saturated rings. The van der Waals surface area contributed by atoms with E-state index in [-0.39, 0.29) is 0 Å². The highest BCUT2D eigenvalue weighted by atomic mass is 35.5. The fourth-order valence-corrected chi connectivity index (χ4v) is 0.780. The van der Waals surface area contributed by atoms with Gasteiger partial charge in [-0.3, -0.25) is 0 Å². The maximum atomic E-state index is 5.66. The number of hydrogen-bond acceptors (Lipinski definition) is 1. The third-order valence-corrected chi connectivity index (χ3v) is 1.44. The molecule has 1 unspecified atom stereocenters. The van der Waals surface area contributed by atoms with E-state index in [0.29, 0.717) is 0 Å². The zero-order chi connectivity index (χ0) is 8.10. The second kappa shape index (κ2) is 4.04. The molecular formula is C9H9ClO. The number of hydrogen-bond donors (Lipinski definition) is 0. The van der Waals surface area contributed by atoms with Crippen LogP contribution in [0.3, 0.4) is 0 Å². The van der Waals surface area contributed by atoms with Crippen molar-refractivity contribution < 1.29 is 4.74 Å². The molecule has 0 heterocycles. The minimum absolute atomic E-state index is 0.447. The van der Waals surface area contributed by atoms with Crippen molar-refractivity contribution in [2.75, 3.05) is 0 Å². The summed E-state index contributed by atoms with van der Waals surface area (Å²) in [5.74, 6) is 0.757. The molecule has 0 aliphatic rings. The largest absolute Gasteiger partial charge is 0.471 e. The first-order valence-corrected chi connectivity index (χ1v) is 3.75. The number of benzene rings is 1. The molecule has 0 aromatic heterocycles. The van der Waals surface area contributed by atoms with E-state index in [1.54, 1.807) is 0 Å². The average molecular weight is 169 g/mol. The zero-order valence-corrected chi connectivity index (χ0v) is 6.79. The lowest BCUT2D eigenvalue weighted by Crippen LogP contribution is -2.03. The Labute approximate surface area is 71.3 Å². The normalized spacial score (nSPS) is 12.1. The number of para-hydroxylation sites is 1. The van der Waals surface area contributed by atoms with E-state index in [4.69, 9.17) is 16.3 Å². The van der Waals surface area contributed by atoms with Crippen molar-refractivity contribution in [2.24, 2.45) is 0 Å². The van der Waals surface area contributed by atoms with E-state index in [0.717, 1.165) is 5.75 Å². The summed E-state index contributed by atoms with van der Waals surface area (Å²) in [4.78, 5) is 0. The van der Waals surface area contributed by atoms with Crippen molar-refractivity contribution in [3.8, 4) is 5.75 Å². The third kappa shape index (κ3) is 2.64. The molecular weight excluding hydrogens is 160 g/mol. The molecule has 0 bridgehead atoms. The van der Waals surface area contributed by atoms with Gasteiger partial charge in [0, 0.05) is 0 Å². The van der Waals surface area contributed by atoms with Gasteiger partial charge in [-0.05, 0) is 18.2 Å². The van der Waals surface area contributed by atoms with Gasteiger partial charge in [-0.2, -0.15) is 0 Å². The number of halogens is 1. The molecule has 0 aliphatic heterocycles. The van der Waals surface area contributed by atoms with Gasteiger partial charge in [-0.25, -0.2) is 0 Å². The summed E-state index contributed by atoms with van der Waals surface area (Å²) in [7, 11) is 0. The molecule has 1 nitrogen and oxygen atoms in total. The summed E-state index contributed by atoms with van der Waals surface area (Å²) < 4.78 is 5.21. The molecule has 1 atom stereocenters. The molecule has 1 aromatic carbocycles. The summed E-state index contributed by atoms with van der Waals surface area (Å²) in [6.45, 7) is 3.50. The predicted octanol–water partition coefficient (Wildman–Crippen LogP) is 2.82. The first-order chi connectivity index (χ1) is 5.33. The van der Waals surface area contributed by atoms with Gasteiger partial charge in [0.05, 0.1) is 0 Å². The Kier molecular flexibility index (Phi) is 2.99. The van der Waals surface area contributed by atoms with Crippen molar-refractivity contribution in [3.05, 3.63) is 43.0 Å². The van der Waals surface area contributed by atoms with Gasteiger partial charge in [0.1, 0.15) is 5.75 Å². The van der Waals surface area contributed by atoms with Crippen molar-refractivity contribution >= 4 is 11.6 Å². The van der Waals surface area contributed by atoms with Crippen LogP contribution >= 0.6 is 11.6 Å². The van der Waals surface area contributed by atoms with Gasteiger partial charge in [-0.1, -0.05) is 36.4 Å². The summed E-state index contributed by atoms with van der Waals surface area (Å²) in [6, 6.07) is 9.39. The highest BCUT2D eigenvalue weighted by molar-refractivity contribution is 6.20. The van der Waals surface area contributed by atoms with Crippen LogP contribution in [-0.2, 0) is 0 Å². The van der Waals surface area contributed by atoms with Crippen LogP contribution in [0.2, 0.25) is 0 Å². The Morgan fingerprint density at radius 1 is 1.36 bits per heavy atom. The van der Waals surface area contributed by atoms with Gasteiger partial charge in [0.2, 0.25) is 0 Å². The molecule has 11 heavy (non-hydrogen) atoms. The van der Waals surface area contributed by atoms with Crippen LogP contribution in [0.25, 0.3) is 0 Å². The second-order valence-corrected chi connectivity index (χ2v) is 2.45. The van der Waals surface area contributed by atoms with Gasteiger partial charge in [0.25, 0.3) is 0 Å². The summed E-state index contributed by atoms with van der Waals surface area (Å²) in [5.41, 5.74) is -0.447. The Morgan fingerprint density at radius 3 is 2.55 bits per heavy atom. The molecule has 0 N–H and O–H groups in total. The quantitative estimate of drug-likeness (QED) is 0.498. The van der Waals surface area contributed by atoms with Crippen LogP contribution in [0.4, 0.5) is 0 Å². The predicted molar refractivity (Wildman–Crippen MR) is 46.9 cm³/mol. The van der Waals surface area contributed by atoms with Gasteiger partial charge >= 0.3 is 0 Å². The third-order valence-electron chi connectivity index (χ3n) is 1.18. The number of alkyl halides is 1. The maximum Gasteiger partial charge on any atom is 0.190 e. The van der Waals surface area contributed by atoms with Crippen LogP contribution in [-0.4, -0.2) is 5.56 Å². The summed E-state index contributed by atoms with van der Waals surface area (Å²) >= 11 is 5.66. The Balaban J connectivity index is 2.57. The summed E-state index contributed by atoms with van der Waals surface area (Å²) in [5, 5.41) is 0. The van der Waals surface area contributed by atoms with E-state index in [2.05, 4.69) is 6.58 Å². The van der Waals surface area contributed by atoms with Crippen LogP contribution < -0.4 is 4.74 Å². The molecule has 0 amide bonds. The lowest BCUT2D eigenvalue weighted by Gasteiger charge is -2.06. The van der Waals surface area contributed by atoms with Gasteiger partial charge < -0.3 is 4.74 Å². The molecule has 0 saturated carbocycles. The maximum absolute atomic E-state index is 5.66. The molecule has 0 aliphatic carbocycles. The second-order valence-electron chi connectivity index (χ2n) is 2.02. The monoisotopic (exact) mass is 168 g/mol. The smallest absolute Gasteiger partial charge is 0.190 e. The molecule has 0 radical (unpaired) electrons. The van der Waals surface area contributed by atoms with Crippen LogP contribution in [0.1, 0.15) is 0 Å². The Bertz CT molecular complexity index is 220. The van der Waals surface area contributed by atoms with E-state index in [9.17, 15) is 0 Å². The molecule has 0 saturated heterocycles. The van der Waals surface area contributed by atoms with Crippen molar-refractivity contribution in [3.63, 3.8) is 0 Å². The van der Waals surface area contributed by atoms with Crippen molar-refractivity contribution in [1.29, 1.82) is 0 Å². The topological polar surface area (TPSA) is 9.23 Å². The number of rotatable bonds is 3. The first kappa shape index (κ1) is 8.15. The summed E-state index contributed by atoms with van der Waals surface area (Å²) in [6.07, 6.45) is 1.54. The molecule has 1 aromatic rings. The lowest BCUT2D eigenvalue weighted by molar-refractivity contribution is 0.326. The van der Waals surface area contributed by atoms with E-state index >= 15 is 0 Å². The van der Waals surface area contributed by atoms with Gasteiger partial charge in [0.15, 0.2) is 5.56 Å². The first-order valence-electron chi connectivity index (χ1n) is 3.31. The molecule has 0 spiro atoms. The molecule has 58 valence electrons. The fraction of sp³-hybridized carbons (Fsp3) is 0.111. The standard InChI is InChI=1S/C9H9ClO/c1-2-9(10)11-8-6-4-3-5-7-8/h2-7,9H,1H2. The zero-order valence-electron chi connectivity index (χ0n) is 6.03. The van der Waals surface area contributed by atoms with Crippen molar-refractivity contribution in [1.82, 2.24) is 0 Å². The average Bonchev–Trinajstić information content (AvgIpc) is 2.06. The fourth-order valence-electron chi connectivity index (χ4n) is 0.677. The highest BCUT2D eigenvalue weighted by Gasteiger charge is 1.97. The SMILES string of the molecule is C=CC(Cl)Oc1ccccc1. The minimum atomic E-state index is -0.447. The molecule has 1 rings (SSSR count). The van der Waals surface area contributed by atoms with E-state index in [1.807, 2.05) is 30.3 Å². The van der Waals surface area contributed by atoms with Crippen LogP contribution in [0.5, 0.6) is 5.75 Å². The van der Waals surface area contributed by atoms with Gasteiger partial charge in [-0.15, -0.1) is 0 Å². The highest BCUT2D eigenvalue weighted by Crippen LogP contribution is 2.12. The number of ether oxygens (including phenoxy) is 1. The molecule has 2 heteroatoms. The lowest BCUT2D eigenvalue weighted by atomic mass is 10.3. The van der Waals surface area contributed by atoms with Crippen LogP contribution in [0.15, 0.2) is 43.0 Å². The van der Waals surface area contributed by atoms with Crippen LogP contribution in [0, 0.1) is 0 Å². The Morgan fingerprint density at radius 2 is 2.00 bits per heavy atom. The van der Waals surface area contributed by atoms with Crippen molar-refractivity contribution in [2.45, 2.75) is 5.56 Å². The van der Waals surface area contributed by atoms with E-state index < -0.39 is 5.56 Å². The Hall–Kier alpha value is -0.950. The minimum Gasteiger partial charge on any atom is -0.471 e. The van der Waals surface area contributed by atoms with E-state index in [1.165, 1.54) is 6.08 Å².